The molecule has 1 aromatic heterocycles. The molecule has 4 rings (SSSR count). The Labute approximate surface area is 130 Å². The van der Waals surface area contributed by atoms with E-state index in [0.29, 0.717) is 0 Å². The zero-order valence-electron chi connectivity index (χ0n) is 12.5. The van der Waals surface area contributed by atoms with Crippen molar-refractivity contribution in [3.63, 3.8) is 0 Å². The minimum atomic E-state index is 1.18. The number of benzene rings is 3. The van der Waals surface area contributed by atoms with Crippen LogP contribution in [0.25, 0.3) is 33.3 Å². The number of aryl methyl sites for hydroxylation is 1. The Hall–Kier alpha value is -2.80. The van der Waals surface area contributed by atoms with Crippen LogP contribution in [-0.2, 0) is 0 Å². The van der Waals surface area contributed by atoms with E-state index >= 15 is 0 Å². The third-order valence-corrected chi connectivity index (χ3v) is 4.08. The van der Waals surface area contributed by atoms with E-state index in [-0.39, 0.29) is 0 Å². The highest BCUT2D eigenvalue weighted by Crippen LogP contribution is 2.38. The molecule has 1 N–H and O–H groups in total. The number of aromatic amines is 1. The molecule has 0 bridgehead atoms. The normalized spacial score (nSPS) is 11.0. The van der Waals surface area contributed by atoms with Gasteiger partial charge in [-0.05, 0) is 30.2 Å². The zero-order valence-corrected chi connectivity index (χ0v) is 12.5. The van der Waals surface area contributed by atoms with E-state index in [4.69, 9.17) is 0 Å². The van der Waals surface area contributed by atoms with E-state index in [9.17, 15) is 0 Å². The minimum Gasteiger partial charge on any atom is -0.354 e. The highest BCUT2D eigenvalue weighted by molar-refractivity contribution is 6.03. The first-order valence-corrected chi connectivity index (χ1v) is 7.56. The van der Waals surface area contributed by atoms with Crippen molar-refractivity contribution in [3.05, 3.63) is 84.4 Å². The van der Waals surface area contributed by atoms with E-state index in [2.05, 4.69) is 90.8 Å². The van der Waals surface area contributed by atoms with Gasteiger partial charge >= 0.3 is 0 Å². The second kappa shape index (κ2) is 5.19. The largest absolute Gasteiger partial charge is 0.354 e. The quantitative estimate of drug-likeness (QED) is 0.478. The fourth-order valence-corrected chi connectivity index (χ4v) is 3.06. The predicted molar refractivity (Wildman–Crippen MR) is 93.9 cm³/mol. The van der Waals surface area contributed by atoms with Crippen molar-refractivity contribution in [3.8, 4) is 22.4 Å². The van der Waals surface area contributed by atoms with Crippen LogP contribution in [0.1, 0.15) is 5.56 Å². The minimum absolute atomic E-state index is 1.18. The Kier molecular flexibility index (Phi) is 3.05. The van der Waals surface area contributed by atoms with E-state index in [1.54, 1.807) is 0 Å². The van der Waals surface area contributed by atoms with E-state index in [1.807, 2.05) is 0 Å². The van der Waals surface area contributed by atoms with Crippen LogP contribution in [0.5, 0.6) is 0 Å². The highest BCUT2D eigenvalue weighted by atomic mass is 14.7. The fourth-order valence-electron chi connectivity index (χ4n) is 3.06. The molecule has 4 aromatic rings. The monoisotopic (exact) mass is 283 g/mol. The SMILES string of the molecule is Cc1cccc(-c2[nH]c3ccccc3c2-c2ccccc2)c1. The van der Waals surface area contributed by atoms with Gasteiger partial charge in [-0.2, -0.15) is 0 Å². The van der Waals surface area contributed by atoms with Crippen LogP contribution in [0.15, 0.2) is 78.9 Å². The van der Waals surface area contributed by atoms with Gasteiger partial charge in [0.05, 0.1) is 5.69 Å². The number of hydrogen-bond donors (Lipinski definition) is 1. The van der Waals surface area contributed by atoms with Crippen LogP contribution in [0.4, 0.5) is 0 Å². The smallest absolute Gasteiger partial charge is 0.0544 e. The first kappa shape index (κ1) is 12.9. The molecular formula is C21H17N. The number of rotatable bonds is 2. The summed E-state index contributed by atoms with van der Waals surface area (Å²) in [6.07, 6.45) is 0. The van der Waals surface area contributed by atoms with Gasteiger partial charge in [0.25, 0.3) is 0 Å². The second-order valence-corrected chi connectivity index (χ2v) is 5.66. The standard InChI is InChI=1S/C21H17N/c1-15-8-7-11-17(14-15)21-20(16-9-3-2-4-10-16)18-12-5-6-13-19(18)22-21/h2-14,22H,1H3. The Balaban J connectivity index is 2.06. The number of H-pyrrole nitrogens is 1. The number of nitrogens with one attached hydrogen (secondary N) is 1. The van der Waals surface area contributed by atoms with Crippen molar-refractivity contribution in [2.75, 3.05) is 0 Å². The molecule has 1 heteroatoms. The molecule has 1 nitrogen and oxygen atoms in total. The Morgan fingerprint density at radius 3 is 2.23 bits per heavy atom. The molecule has 0 unspecified atom stereocenters. The summed E-state index contributed by atoms with van der Waals surface area (Å²) >= 11 is 0. The molecule has 0 radical (unpaired) electrons. The lowest BCUT2D eigenvalue weighted by molar-refractivity contribution is 1.41. The van der Waals surface area contributed by atoms with Gasteiger partial charge in [0.15, 0.2) is 0 Å². The molecule has 0 spiro atoms. The summed E-state index contributed by atoms with van der Waals surface area (Å²) < 4.78 is 0. The number of fused-ring (bicyclic) bond motifs is 1. The van der Waals surface area contributed by atoms with Gasteiger partial charge in [0.2, 0.25) is 0 Å². The summed E-state index contributed by atoms with van der Waals surface area (Å²) in [6, 6.07) is 27.8. The summed E-state index contributed by atoms with van der Waals surface area (Å²) in [7, 11) is 0. The summed E-state index contributed by atoms with van der Waals surface area (Å²) in [5, 5.41) is 1.27. The van der Waals surface area contributed by atoms with Gasteiger partial charge in [0, 0.05) is 16.5 Å². The molecule has 0 amide bonds. The Morgan fingerprint density at radius 2 is 1.41 bits per heavy atom. The van der Waals surface area contributed by atoms with E-state index in [0.717, 1.165) is 0 Å². The van der Waals surface area contributed by atoms with Crippen LogP contribution in [0.2, 0.25) is 0 Å². The van der Waals surface area contributed by atoms with Crippen LogP contribution < -0.4 is 0 Å². The lowest BCUT2D eigenvalue weighted by atomic mass is 9.98. The van der Waals surface area contributed by atoms with Gasteiger partial charge < -0.3 is 4.98 Å². The summed E-state index contributed by atoms with van der Waals surface area (Å²) in [5.41, 5.74) is 7.40. The van der Waals surface area contributed by atoms with Crippen molar-refractivity contribution in [2.24, 2.45) is 0 Å². The Bertz CT molecular complexity index is 932. The summed E-state index contributed by atoms with van der Waals surface area (Å²) in [6.45, 7) is 2.13. The molecule has 0 saturated carbocycles. The maximum absolute atomic E-state index is 3.61. The maximum atomic E-state index is 3.61. The molecule has 106 valence electrons. The van der Waals surface area contributed by atoms with Gasteiger partial charge in [0.1, 0.15) is 0 Å². The Morgan fingerprint density at radius 1 is 0.682 bits per heavy atom. The number of hydrogen-bond acceptors (Lipinski definition) is 0. The molecule has 3 aromatic carbocycles. The van der Waals surface area contributed by atoms with Crippen molar-refractivity contribution >= 4 is 10.9 Å². The molecule has 0 aliphatic heterocycles. The molecule has 1 heterocycles. The van der Waals surface area contributed by atoms with Crippen molar-refractivity contribution in [2.45, 2.75) is 6.92 Å². The van der Waals surface area contributed by atoms with Crippen LogP contribution >= 0.6 is 0 Å². The zero-order chi connectivity index (χ0) is 14.9. The number of aromatic nitrogens is 1. The van der Waals surface area contributed by atoms with Crippen molar-refractivity contribution in [1.29, 1.82) is 0 Å². The average Bonchev–Trinajstić information content (AvgIpc) is 2.95. The lowest BCUT2D eigenvalue weighted by Gasteiger charge is -2.06. The third-order valence-electron chi connectivity index (χ3n) is 4.08. The lowest BCUT2D eigenvalue weighted by Crippen LogP contribution is -1.83. The molecule has 0 fully saturated rings. The van der Waals surface area contributed by atoms with E-state index < -0.39 is 0 Å². The molecule has 0 aliphatic rings. The average molecular weight is 283 g/mol. The third kappa shape index (κ3) is 2.11. The topological polar surface area (TPSA) is 15.8 Å². The van der Waals surface area contributed by atoms with Crippen molar-refractivity contribution in [1.82, 2.24) is 4.98 Å². The molecule has 0 saturated heterocycles. The summed E-state index contributed by atoms with van der Waals surface area (Å²) in [5.74, 6) is 0. The molecule has 22 heavy (non-hydrogen) atoms. The van der Waals surface area contributed by atoms with Gasteiger partial charge in [-0.25, -0.2) is 0 Å². The predicted octanol–water partition coefficient (Wildman–Crippen LogP) is 5.81. The highest BCUT2D eigenvalue weighted by Gasteiger charge is 2.14. The summed E-state index contributed by atoms with van der Waals surface area (Å²) in [4.78, 5) is 3.61. The second-order valence-electron chi connectivity index (χ2n) is 5.66. The van der Waals surface area contributed by atoms with Crippen LogP contribution in [0, 0.1) is 6.92 Å². The van der Waals surface area contributed by atoms with Crippen molar-refractivity contribution < 1.29 is 0 Å². The molecule has 0 atom stereocenters. The first-order valence-electron chi connectivity index (χ1n) is 7.56. The molecule has 0 aliphatic carbocycles. The molecular weight excluding hydrogens is 266 g/mol. The van der Waals surface area contributed by atoms with Crippen LogP contribution in [-0.4, -0.2) is 4.98 Å². The first-order chi connectivity index (χ1) is 10.8. The van der Waals surface area contributed by atoms with Gasteiger partial charge in [-0.15, -0.1) is 0 Å². The number of para-hydroxylation sites is 1. The maximum Gasteiger partial charge on any atom is 0.0544 e. The van der Waals surface area contributed by atoms with Gasteiger partial charge in [-0.3, -0.25) is 0 Å². The van der Waals surface area contributed by atoms with E-state index in [1.165, 1.54) is 38.9 Å². The van der Waals surface area contributed by atoms with Gasteiger partial charge in [-0.1, -0.05) is 72.3 Å². The van der Waals surface area contributed by atoms with Crippen LogP contribution in [0.3, 0.4) is 0 Å². The fraction of sp³-hybridized carbons (Fsp3) is 0.0476.